The zero-order chi connectivity index (χ0) is 20.5. The van der Waals surface area contributed by atoms with Crippen LogP contribution in [0.4, 0.5) is 0 Å². The van der Waals surface area contributed by atoms with Gasteiger partial charge in [-0.1, -0.05) is 74.9 Å². The average Bonchev–Trinajstić information content (AvgIpc) is 2.78. The molecule has 0 saturated carbocycles. The highest BCUT2D eigenvalue weighted by molar-refractivity contribution is 5.63. The SMILES string of the molecule is CCC.NCC1CCc2cc(OCc3cccc(-c4ccccc4)c3)ccc2C1. The van der Waals surface area contributed by atoms with Gasteiger partial charge in [-0.05, 0) is 77.7 Å². The molecule has 1 aliphatic carbocycles. The molecule has 0 bridgehead atoms. The van der Waals surface area contributed by atoms with Gasteiger partial charge in [0.15, 0.2) is 0 Å². The highest BCUT2D eigenvalue weighted by atomic mass is 16.5. The molecule has 29 heavy (non-hydrogen) atoms. The first kappa shape index (κ1) is 21.1. The molecule has 1 unspecified atom stereocenters. The van der Waals surface area contributed by atoms with Gasteiger partial charge in [-0.25, -0.2) is 0 Å². The van der Waals surface area contributed by atoms with Crippen molar-refractivity contribution in [1.82, 2.24) is 0 Å². The maximum absolute atomic E-state index is 6.08. The standard InChI is InChI=1S/C24H25NO.C3H8/c25-16-18-9-10-23-15-24(12-11-22(23)13-18)26-17-19-5-4-8-21(14-19)20-6-2-1-3-7-20;1-3-2/h1-8,11-12,14-15,18H,9-10,13,16-17,25H2;3H2,1-2H3. The van der Waals surface area contributed by atoms with Crippen LogP contribution >= 0.6 is 0 Å². The first-order chi connectivity index (χ1) is 14.2. The minimum atomic E-state index is 0.588. The maximum atomic E-state index is 6.08. The second kappa shape index (κ2) is 10.8. The van der Waals surface area contributed by atoms with Crippen molar-refractivity contribution in [3.05, 3.63) is 89.5 Å². The highest BCUT2D eigenvalue weighted by Gasteiger charge is 2.17. The van der Waals surface area contributed by atoms with Crippen molar-refractivity contribution in [3.8, 4) is 16.9 Å². The van der Waals surface area contributed by atoms with Gasteiger partial charge in [0.1, 0.15) is 12.4 Å². The van der Waals surface area contributed by atoms with Gasteiger partial charge in [0.05, 0.1) is 0 Å². The Morgan fingerprint density at radius 2 is 1.62 bits per heavy atom. The summed E-state index contributed by atoms with van der Waals surface area (Å²) in [5.41, 5.74) is 12.3. The minimum absolute atomic E-state index is 0.588. The molecule has 3 aromatic carbocycles. The fourth-order valence-electron chi connectivity index (χ4n) is 3.74. The smallest absolute Gasteiger partial charge is 0.120 e. The Hall–Kier alpha value is -2.58. The Kier molecular flexibility index (Phi) is 7.89. The molecule has 2 nitrogen and oxygen atoms in total. The zero-order valence-electron chi connectivity index (χ0n) is 17.7. The van der Waals surface area contributed by atoms with Crippen molar-refractivity contribution >= 4 is 0 Å². The lowest BCUT2D eigenvalue weighted by molar-refractivity contribution is 0.305. The Bertz CT molecular complexity index is 888. The predicted molar refractivity (Wildman–Crippen MR) is 123 cm³/mol. The van der Waals surface area contributed by atoms with E-state index in [1.807, 2.05) is 6.07 Å². The summed E-state index contributed by atoms with van der Waals surface area (Å²) in [5, 5.41) is 0. The summed E-state index contributed by atoms with van der Waals surface area (Å²) in [6.45, 7) is 5.63. The Labute approximate surface area is 175 Å². The van der Waals surface area contributed by atoms with E-state index < -0.39 is 0 Å². The van der Waals surface area contributed by atoms with E-state index in [1.165, 1.54) is 40.7 Å². The second-order valence-electron chi connectivity index (χ2n) is 7.84. The van der Waals surface area contributed by atoms with Crippen molar-refractivity contribution in [2.24, 2.45) is 11.7 Å². The number of hydrogen-bond acceptors (Lipinski definition) is 2. The summed E-state index contributed by atoms with van der Waals surface area (Å²) in [6, 6.07) is 25.6. The van der Waals surface area contributed by atoms with Gasteiger partial charge in [0.2, 0.25) is 0 Å². The first-order valence-electron chi connectivity index (χ1n) is 10.8. The molecule has 0 amide bonds. The minimum Gasteiger partial charge on any atom is -0.489 e. The monoisotopic (exact) mass is 387 g/mol. The molecule has 0 aliphatic heterocycles. The molecule has 0 radical (unpaired) electrons. The van der Waals surface area contributed by atoms with Crippen LogP contribution in [0.25, 0.3) is 11.1 Å². The van der Waals surface area contributed by atoms with E-state index in [9.17, 15) is 0 Å². The molecule has 2 heteroatoms. The van der Waals surface area contributed by atoms with Crippen LogP contribution in [0, 0.1) is 5.92 Å². The largest absolute Gasteiger partial charge is 0.489 e. The van der Waals surface area contributed by atoms with Crippen LogP contribution in [0.15, 0.2) is 72.8 Å². The third kappa shape index (κ3) is 5.95. The fraction of sp³-hybridized carbons (Fsp3) is 0.333. The summed E-state index contributed by atoms with van der Waals surface area (Å²) in [6.07, 6.45) is 4.65. The van der Waals surface area contributed by atoms with Crippen molar-refractivity contribution < 1.29 is 4.74 Å². The molecule has 1 atom stereocenters. The van der Waals surface area contributed by atoms with Gasteiger partial charge in [0, 0.05) is 0 Å². The number of rotatable bonds is 5. The van der Waals surface area contributed by atoms with E-state index in [0.717, 1.165) is 25.1 Å². The first-order valence-corrected chi connectivity index (χ1v) is 10.8. The van der Waals surface area contributed by atoms with E-state index in [1.54, 1.807) is 0 Å². The number of fused-ring (bicyclic) bond motifs is 1. The second-order valence-corrected chi connectivity index (χ2v) is 7.84. The number of benzene rings is 3. The molecule has 1 aliphatic rings. The number of ether oxygens (including phenoxy) is 1. The summed E-state index contributed by atoms with van der Waals surface area (Å²) < 4.78 is 6.08. The van der Waals surface area contributed by atoms with Crippen molar-refractivity contribution in [2.45, 2.75) is 46.1 Å². The molecule has 0 aromatic heterocycles. The van der Waals surface area contributed by atoms with Crippen LogP contribution in [0.1, 0.15) is 43.4 Å². The molecule has 0 fully saturated rings. The van der Waals surface area contributed by atoms with Gasteiger partial charge in [-0.2, -0.15) is 0 Å². The molecular formula is C27H33NO. The lowest BCUT2D eigenvalue weighted by atomic mass is 9.84. The summed E-state index contributed by atoms with van der Waals surface area (Å²) in [7, 11) is 0. The molecular weight excluding hydrogens is 354 g/mol. The van der Waals surface area contributed by atoms with Crippen LogP contribution in [0.2, 0.25) is 0 Å². The van der Waals surface area contributed by atoms with Gasteiger partial charge >= 0.3 is 0 Å². The van der Waals surface area contributed by atoms with Crippen LogP contribution in [-0.4, -0.2) is 6.54 Å². The van der Waals surface area contributed by atoms with E-state index in [2.05, 4.69) is 80.6 Å². The lowest BCUT2D eigenvalue weighted by Gasteiger charge is -2.23. The Balaban J connectivity index is 0.000000755. The fourth-order valence-corrected chi connectivity index (χ4v) is 3.74. The molecule has 0 spiro atoms. The Morgan fingerprint density at radius 1 is 0.862 bits per heavy atom. The maximum Gasteiger partial charge on any atom is 0.120 e. The third-order valence-corrected chi connectivity index (χ3v) is 5.28. The van der Waals surface area contributed by atoms with Gasteiger partial charge in [-0.3, -0.25) is 0 Å². The van der Waals surface area contributed by atoms with Crippen LogP contribution in [0.3, 0.4) is 0 Å². The van der Waals surface area contributed by atoms with Crippen molar-refractivity contribution in [1.29, 1.82) is 0 Å². The van der Waals surface area contributed by atoms with E-state index in [4.69, 9.17) is 10.5 Å². The molecule has 0 heterocycles. The average molecular weight is 388 g/mol. The van der Waals surface area contributed by atoms with E-state index in [-0.39, 0.29) is 0 Å². The molecule has 2 N–H and O–H groups in total. The molecule has 4 rings (SSSR count). The third-order valence-electron chi connectivity index (χ3n) is 5.28. The van der Waals surface area contributed by atoms with E-state index in [0.29, 0.717) is 12.5 Å². The predicted octanol–water partition coefficient (Wildman–Crippen LogP) is 6.41. The molecule has 3 aromatic rings. The quantitative estimate of drug-likeness (QED) is 0.549. The van der Waals surface area contributed by atoms with Gasteiger partial charge < -0.3 is 10.5 Å². The molecule has 152 valence electrons. The van der Waals surface area contributed by atoms with Crippen molar-refractivity contribution in [2.75, 3.05) is 6.54 Å². The summed E-state index contributed by atoms with van der Waals surface area (Å²) >= 11 is 0. The zero-order valence-corrected chi connectivity index (χ0v) is 17.7. The molecule has 0 saturated heterocycles. The Morgan fingerprint density at radius 3 is 2.38 bits per heavy atom. The summed E-state index contributed by atoms with van der Waals surface area (Å²) in [5.74, 6) is 1.59. The highest BCUT2D eigenvalue weighted by Crippen LogP contribution is 2.29. The van der Waals surface area contributed by atoms with Gasteiger partial charge in [0.25, 0.3) is 0 Å². The number of nitrogens with two attached hydrogens (primary N) is 1. The topological polar surface area (TPSA) is 35.2 Å². The van der Waals surface area contributed by atoms with E-state index >= 15 is 0 Å². The van der Waals surface area contributed by atoms with Gasteiger partial charge in [-0.15, -0.1) is 0 Å². The normalized spacial score (nSPS) is 15.1. The number of hydrogen-bond donors (Lipinski definition) is 1. The van der Waals surface area contributed by atoms with Crippen LogP contribution in [-0.2, 0) is 19.4 Å². The van der Waals surface area contributed by atoms with Crippen LogP contribution in [0.5, 0.6) is 5.75 Å². The van der Waals surface area contributed by atoms with Crippen LogP contribution < -0.4 is 10.5 Å². The lowest BCUT2D eigenvalue weighted by Crippen LogP contribution is -2.22. The number of aryl methyl sites for hydroxylation is 1. The van der Waals surface area contributed by atoms with Crippen molar-refractivity contribution in [3.63, 3.8) is 0 Å². The summed E-state index contributed by atoms with van der Waals surface area (Å²) in [4.78, 5) is 0.